The van der Waals surface area contributed by atoms with Crippen LogP contribution in [0.3, 0.4) is 0 Å². The van der Waals surface area contributed by atoms with E-state index in [1.807, 2.05) is 0 Å². The van der Waals surface area contributed by atoms with Gasteiger partial charge in [-0.25, -0.2) is 4.79 Å². The standard InChI is InChI=1S/C16H26N4O6/c1-16(2,3)25-13(23)9-10(5-4-8-19-15(17)18)14(24)26-20-11(21)6-7-12(20)22/h10H,4-9H2,1-3H3,(H4,17,18,19). The van der Waals surface area contributed by atoms with E-state index in [1.165, 1.54) is 0 Å². The summed E-state index contributed by atoms with van der Waals surface area (Å²) in [7, 11) is 0. The molecule has 0 saturated carbocycles. The molecule has 10 heteroatoms. The Hall–Kier alpha value is -2.65. The molecule has 0 aromatic heterocycles. The first-order chi connectivity index (χ1) is 12.0. The molecule has 2 amide bonds. The Bertz CT molecular complexity index is 576. The number of rotatable bonds is 8. The molecule has 0 radical (unpaired) electrons. The number of imide groups is 1. The van der Waals surface area contributed by atoms with Gasteiger partial charge in [0.2, 0.25) is 0 Å². The van der Waals surface area contributed by atoms with Crippen molar-refractivity contribution in [2.24, 2.45) is 22.4 Å². The number of hydrogen-bond acceptors (Lipinski definition) is 7. The Balaban J connectivity index is 2.72. The van der Waals surface area contributed by atoms with Crippen molar-refractivity contribution >= 4 is 29.7 Å². The predicted molar refractivity (Wildman–Crippen MR) is 91.0 cm³/mol. The van der Waals surface area contributed by atoms with Crippen LogP contribution in [0.2, 0.25) is 0 Å². The molecule has 1 aliphatic rings. The zero-order valence-electron chi connectivity index (χ0n) is 15.3. The first-order valence-electron chi connectivity index (χ1n) is 8.34. The number of esters is 1. The van der Waals surface area contributed by atoms with Crippen LogP contribution in [0.25, 0.3) is 0 Å². The Labute approximate surface area is 151 Å². The van der Waals surface area contributed by atoms with E-state index in [0.29, 0.717) is 11.5 Å². The first-order valence-corrected chi connectivity index (χ1v) is 8.34. The second-order valence-electron chi connectivity index (χ2n) is 6.93. The van der Waals surface area contributed by atoms with Gasteiger partial charge in [-0.05, 0) is 33.6 Å². The fourth-order valence-corrected chi connectivity index (χ4v) is 2.26. The fraction of sp³-hybridized carbons (Fsp3) is 0.688. The van der Waals surface area contributed by atoms with Crippen LogP contribution in [0.15, 0.2) is 4.99 Å². The van der Waals surface area contributed by atoms with Crippen molar-refractivity contribution in [1.29, 1.82) is 0 Å². The number of ether oxygens (including phenoxy) is 1. The highest BCUT2D eigenvalue weighted by atomic mass is 16.7. The topological polar surface area (TPSA) is 154 Å². The monoisotopic (exact) mass is 370 g/mol. The van der Waals surface area contributed by atoms with Crippen molar-refractivity contribution in [3.63, 3.8) is 0 Å². The van der Waals surface area contributed by atoms with E-state index in [0.717, 1.165) is 0 Å². The molecule has 26 heavy (non-hydrogen) atoms. The molecule has 0 spiro atoms. The molecule has 4 N–H and O–H groups in total. The van der Waals surface area contributed by atoms with Crippen LogP contribution in [0.4, 0.5) is 0 Å². The molecule has 1 unspecified atom stereocenters. The molecule has 0 aromatic carbocycles. The summed E-state index contributed by atoms with van der Waals surface area (Å²) in [6, 6.07) is 0. The van der Waals surface area contributed by atoms with Gasteiger partial charge in [-0.1, -0.05) is 0 Å². The van der Waals surface area contributed by atoms with Gasteiger partial charge in [-0.15, -0.1) is 5.06 Å². The summed E-state index contributed by atoms with van der Waals surface area (Å²) in [6.07, 6.45) is 0.377. The van der Waals surface area contributed by atoms with Gasteiger partial charge < -0.3 is 21.0 Å². The third-order valence-corrected chi connectivity index (χ3v) is 3.36. The van der Waals surface area contributed by atoms with Crippen LogP contribution < -0.4 is 11.5 Å². The largest absolute Gasteiger partial charge is 0.460 e. The number of carbonyl (C=O) groups excluding carboxylic acids is 4. The lowest BCUT2D eigenvalue weighted by Crippen LogP contribution is -2.36. The van der Waals surface area contributed by atoms with Crippen LogP contribution in [0, 0.1) is 5.92 Å². The summed E-state index contributed by atoms with van der Waals surface area (Å²) in [4.78, 5) is 56.3. The molecule has 1 saturated heterocycles. The Morgan fingerprint density at radius 1 is 1.19 bits per heavy atom. The van der Waals surface area contributed by atoms with Crippen molar-refractivity contribution in [2.45, 2.75) is 58.5 Å². The van der Waals surface area contributed by atoms with Crippen molar-refractivity contribution in [3.8, 4) is 0 Å². The Morgan fingerprint density at radius 3 is 2.27 bits per heavy atom. The smallest absolute Gasteiger partial charge is 0.336 e. The maximum absolute atomic E-state index is 12.4. The summed E-state index contributed by atoms with van der Waals surface area (Å²) in [5.74, 6) is -3.56. The molecule has 1 fully saturated rings. The summed E-state index contributed by atoms with van der Waals surface area (Å²) >= 11 is 0. The van der Waals surface area contributed by atoms with Gasteiger partial charge in [0, 0.05) is 19.4 Å². The van der Waals surface area contributed by atoms with Crippen LogP contribution in [-0.2, 0) is 28.8 Å². The third-order valence-electron chi connectivity index (χ3n) is 3.36. The number of nitrogens with two attached hydrogens (primary N) is 2. The average molecular weight is 370 g/mol. The van der Waals surface area contributed by atoms with Crippen LogP contribution in [-0.4, -0.2) is 46.9 Å². The molecule has 0 bridgehead atoms. The number of hydrogen-bond donors (Lipinski definition) is 2. The zero-order chi connectivity index (χ0) is 19.9. The molecule has 0 aliphatic carbocycles. The van der Waals surface area contributed by atoms with Gasteiger partial charge in [0.05, 0.1) is 12.3 Å². The second-order valence-corrected chi connectivity index (χ2v) is 6.93. The lowest BCUT2D eigenvalue weighted by molar-refractivity contribution is -0.201. The quantitative estimate of drug-likeness (QED) is 0.199. The van der Waals surface area contributed by atoms with Gasteiger partial charge in [0.25, 0.3) is 11.8 Å². The van der Waals surface area contributed by atoms with Gasteiger partial charge in [-0.3, -0.25) is 19.4 Å². The number of aliphatic imine (C=N–C) groups is 1. The van der Waals surface area contributed by atoms with E-state index in [9.17, 15) is 19.2 Å². The van der Waals surface area contributed by atoms with Crippen LogP contribution in [0.5, 0.6) is 0 Å². The lowest BCUT2D eigenvalue weighted by atomic mass is 9.99. The summed E-state index contributed by atoms with van der Waals surface area (Å²) in [5.41, 5.74) is 9.77. The Morgan fingerprint density at radius 2 is 1.77 bits per heavy atom. The van der Waals surface area contributed by atoms with Crippen LogP contribution in [0.1, 0.15) is 52.9 Å². The van der Waals surface area contributed by atoms with Gasteiger partial charge in [0.1, 0.15) is 5.60 Å². The summed E-state index contributed by atoms with van der Waals surface area (Å²) < 4.78 is 5.21. The Kier molecular flexibility index (Phi) is 7.54. The van der Waals surface area contributed by atoms with Crippen LogP contribution >= 0.6 is 0 Å². The zero-order valence-corrected chi connectivity index (χ0v) is 15.3. The fourth-order valence-electron chi connectivity index (χ4n) is 2.26. The molecular weight excluding hydrogens is 344 g/mol. The highest BCUT2D eigenvalue weighted by Gasteiger charge is 2.35. The molecule has 1 atom stereocenters. The van der Waals surface area contributed by atoms with E-state index < -0.39 is 35.3 Å². The van der Waals surface area contributed by atoms with E-state index in [1.54, 1.807) is 20.8 Å². The molecule has 146 valence electrons. The van der Waals surface area contributed by atoms with Gasteiger partial charge in [-0.2, -0.15) is 0 Å². The minimum absolute atomic E-state index is 0.00661. The number of amides is 2. The van der Waals surface area contributed by atoms with Crippen molar-refractivity contribution in [3.05, 3.63) is 0 Å². The number of hydroxylamine groups is 2. The van der Waals surface area contributed by atoms with E-state index >= 15 is 0 Å². The SMILES string of the molecule is CC(C)(C)OC(=O)CC(CCCN=C(N)N)C(=O)ON1C(=O)CCC1=O. The molecule has 1 aliphatic heterocycles. The van der Waals surface area contributed by atoms with Crippen molar-refractivity contribution in [2.75, 3.05) is 6.54 Å². The minimum atomic E-state index is -0.889. The average Bonchev–Trinajstić information content (AvgIpc) is 2.80. The lowest BCUT2D eigenvalue weighted by Gasteiger charge is -2.22. The number of nitrogens with zero attached hydrogens (tertiary/aromatic N) is 2. The molecule has 10 nitrogen and oxygen atoms in total. The summed E-state index contributed by atoms with van der Waals surface area (Å²) in [6.45, 7) is 5.39. The molecule has 1 rings (SSSR count). The summed E-state index contributed by atoms with van der Waals surface area (Å²) in [5, 5.41) is 0.459. The number of guanidine groups is 1. The van der Waals surface area contributed by atoms with Crippen molar-refractivity contribution in [1.82, 2.24) is 5.06 Å². The number of carbonyl (C=O) groups is 4. The van der Waals surface area contributed by atoms with Gasteiger partial charge in [0.15, 0.2) is 5.96 Å². The maximum Gasteiger partial charge on any atom is 0.336 e. The second kappa shape index (κ2) is 9.16. The third kappa shape index (κ3) is 7.49. The highest BCUT2D eigenvalue weighted by molar-refractivity contribution is 6.01. The molecular formula is C16H26N4O6. The first kappa shape index (κ1) is 21.4. The van der Waals surface area contributed by atoms with Crippen molar-refractivity contribution < 1.29 is 28.8 Å². The maximum atomic E-state index is 12.4. The normalized spacial score (nSPS) is 15.6. The van der Waals surface area contributed by atoms with E-state index in [4.69, 9.17) is 21.0 Å². The van der Waals surface area contributed by atoms with E-state index in [2.05, 4.69) is 4.99 Å². The highest BCUT2D eigenvalue weighted by Crippen LogP contribution is 2.20. The molecule has 1 heterocycles. The minimum Gasteiger partial charge on any atom is -0.460 e. The van der Waals surface area contributed by atoms with E-state index in [-0.39, 0.29) is 38.2 Å². The van der Waals surface area contributed by atoms with Gasteiger partial charge >= 0.3 is 11.9 Å². The molecule has 0 aromatic rings. The predicted octanol–water partition coefficient (Wildman–Crippen LogP) is -0.00480.